The second kappa shape index (κ2) is 1.99. The third-order valence-electron chi connectivity index (χ3n) is 3.95. The van der Waals surface area contributed by atoms with E-state index in [9.17, 15) is 5.11 Å². The Kier molecular flexibility index (Phi) is 1.16. The van der Waals surface area contributed by atoms with Crippen molar-refractivity contribution in [3.8, 4) is 0 Å². The van der Waals surface area contributed by atoms with Gasteiger partial charge in [-0.05, 0) is 37.0 Å². The Hall–Kier alpha value is -0.0800. The van der Waals surface area contributed by atoms with E-state index in [1.54, 1.807) is 0 Å². The second-order valence-corrected chi connectivity index (χ2v) is 4.30. The summed E-state index contributed by atoms with van der Waals surface area (Å²) in [4.78, 5) is 0. The van der Waals surface area contributed by atoms with Crippen LogP contribution in [0.15, 0.2) is 0 Å². The van der Waals surface area contributed by atoms with Crippen molar-refractivity contribution >= 4 is 0 Å². The highest BCUT2D eigenvalue weighted by Crippen LogP contribution is 2.56. The fourth-order valence-electron chi connectivity index (χ4n) is 3.47. The minimum Gasteiger partial charge on any atom is -0.368 e. The van der Waals surface area contributed by atoms with Gasteiger partial charge in [0.25, 0.3) is 0 Å². The molecule has 11 heavy (non-hydrogen) atoms. The van der Waals surface area contributed by atoms with Crippen LogP contribution in [0.1, 0.15) is 19.3 Å². The second-order valence-electron chi connectivity index (χ2n) is 4.30. The van der Waals surface area contributed by atoms with E-state index >= 15 is 0 Å². The minimum absolute atomic E-state index is 0.421. The lowest BCUT2D eigenvalue weighted by molar-refractivity contribution is -0.0918. The summed E-state index contributed by atoms with van der Waals surface area (Å²) in [7, 11) is 0. The van der Waals surface area contributed by atoms with Gasteiger partial charge in [-0.25, -0.2) is 0 Å². The van der Waals surface area contributed by atoms with Gasteiger partial charge in [-0.15, -0.1) is 0 Å². The lowest BCUT2D eigenvalue weighted by Gasteiger charge is -2.23. The van der Waals surface area contributed by atoms with Crippen molar-refractivity contribution in [2.24, 2.45) is 23.7 Å². The van der Waals surface area contributed by atoms with Crippen molar-refractivity contribution in [3.05, 3.63) is 0 Å². The molecule has 2 saturated carbocycles. The third-order valence-corrected chi connectivity index (χ3v) is 3.95. The van der Waals surface area contributed by atoms with Crippen LogP contribution in [0.25, 0.3) is 0 Å². The van der Waals surface area contributed by atoms with E-state index in [0.717, 1.165) is 18.4 Å². The molecular formula is C9H14O2. The summed E-state index contributed by atoms with van der Waals surface area (Å²) in [5.41, 5.74) is 0. The summed E-state index contributed by atoms with van der Waals surface area (Å²) in [5, 5.41) is 9.50. The van der Waals surface area contributed by atoms with E-state index in [0.29, 0.717) is 11.8 Å². The maximum atomic E-state index is 9.50. The molecular weight excluding hydrogens is 140 g/mol. The summed E-state index contributed by atoms with van der Waals surface area (Å²) in [6, 6.07) is 0. The molecule has 0 amide bonds. The monoisotopic (exact) mass is 154 g/mol. The Morgan fingerprint density at radius 3 is 2.82 bits per heavy atom. The first-order chi connectivity index (χ1) is 5.36. The van der Waals surface area contributed by atoms with Gasteiger partial charge in [0.1, 0.15) is 0 Å². The molecule has 1 aliphatic heterocycles. The quantitative estimate of drug-likeness (QED) is 0.564. The zero-order chi connectivity index (χ0) is 7.42. The normalized spacial score (nSPS) is 60.3. The summed E-state index contributed by atoms with van der Waals surface area (Å²) in [5.74, 6) is 2.90. The van der Waals surface area contributed by atoms with Crippen LogP contribution >= 0.6 is 0 Å². The zero-order valence-electron chi connectivity index (χ0n) is 6.57. The molecule has 62 valence electrons. The highest BCUT2D eigenvalue weighted by Gasteiger charge is 2.53. The molecule has 2 aliphatic carbocycles. The van der Waals surface area contributed by atoms with Crippen LogP contribution < -0.4 is 0 Å². The van der Waals surface area contributed by atoms with Crippen molar-refractivity contribution in [2.75, 3.05) is 6.61 Å². The van der Waals surface area contributed by atoms with Gasteiger partial charge < -0.3 is 9.84 Å². The molecule has 2 nitrogen and oxygen atoms in total. The molecule has 4 unspecified atom stereocenters. The lowest BCUT2D eigenvalue weighted by atomic mass is 9.81. The van der Waals surface area contributed by atoms with Crippen molar-refractivity contribution in [2.45, 2.75) is 25.6 Å². The van der Waals surface area contributed by atoms with Gasteiger partial charge in [-0.2, -0.15) is 0 Å². The number of aliphatic hydroxyl groups excluding tert-OH is 1. The van der Waals surface area contributed by atoms with E-state index in [4.69, 9.17) is 4.74 Å². The number of aliphatic hydroxyl groups is 1. The first-order valence-electron chi connectivity index (χ1n) is 4.66. The van der Waals surface area contributed by atoms with Gasteiger partial charge in [0.05, 0.1) is 6.61 Å². The summed E-state index contributed by atoms with van der Waals surface area (Å²) >= 11 is 0. The SMILES string of the molecule is O[C@@H]1OCC2C3CCC(C3)C21. The van der Waals surface area contributed by atoms with E-state index < -0.39 is 6.29 Å². The average Bonchev–Trinajstić information content (AvgIpc) is 2.60. The van der Waals surface area contributed by atoms with Crippen LogP contribution in [0.2, 0.25) is 0 Å². The fraction of sp³-hybridized carbons (Fsp3) is 1.00. The molecule has 3 fully saturated rings. The predicted octanol–water partition coefficient (Wildman–Crippen LogP) is 0.997. The number of fused-ring (bicyclic) bond motifs is 5. The first kappa shape index (κ1) is 6.44. The molecule has 5 atom stereocenters. The molecule has 0 aromatic carbocycles. The van der Waals surface area contributed by atoms with Crippen LogP contribution in [-0.2, 0) is 4.74 Å². The van der Waals surface area contributed by atoms with Crippen LogP contribution in [0.4, 0.5) is 0 Å². The number of ether oxygens (including phenoxy) is 1. The largest absolute Gasteiger partial charge is 0.368 e. The maximum Gasteiger partial charge on any atom is 0.157 e. The summed E-state index contributed by atoms with van der Waals surface area (Å²) < 4.78 is 5.26. The van der Waals surface area contributed by atoms with E-state index in [2.05, 4.69) is 0 Å². The molecule has 2 bridgehead atoms. The van der Waals surface area contributed by atoms with Gasteiger partial charge in [0.2, 0.25) is 0 Å². The minimum atomic E-state index is -0.421. The Morgan fingerprint density at radius 1 is 1.18 bits per heavy atom. The zero-order valence-corrected chi connectivity index (χ0v) is 6.57. The fourth-order valence-corrected chi connectivity index (χ4v) is 3.47. The summed E-state index contributed by atoms with van der Waals surface area (Å²) in [6.45, 7) is 0.826. The third kappa shape index (κ3) is 0.695. The first-order valence-corrected chi connectivity index (χ1v) is 4.66. The smallest absolute Gasteiger partial charge is 0.157 e. The van der Waals surface area contributed by atoms with Crippen LogP contribution in [0.5, 0.6) is 0 Å². The van der Waals surface area contributed by atoms with Gasteiger partial charge >= 0.3 is 0 Å². The lowest BCUT2D eigenvalue weighted by Crippen LogP contribution is -2.25. The van der Waals surface area contributed by atoms with E-state index in [1.807, 2.05) is 0 Å². The predicted molar refractivity (Wildman–Crippen MR) is 39.8 cm³/mol. The topological polar surface area (TPSA) is 29.5 Å². The Morgan fingerprint density at radius 2 is 2.00 bits per heavy atom. The average molecular weight is 154 g/mol. The highest BCUT2D eigenvalue weighted by molar-refractivity contribution is 4.99. The molecule has 1 heterocycles. The number of hydrogen-bond acceptors (Lipinski definition) is 2. The van der Waals surface area contributed by atoms with Crippen molar-refractivity contribution in [1.82, 2.24) is 0 Å². The van der Waals surface area contributed by atoms with Crippen molar-refractivity contribution < 1.29 is 9.84 Å². The van der Waals surface area contributed by atoms with Crippen LogP contribution in [0, 0.1) is 23.7 Å². The molecule has 0 aromatic heterocycles. The molecule has 3 rings (SSSR count). The Bertz CT molecular complexity index is 180. The highest BCUT2D eigenvalue weighted by atomic mass is 16.6. The Labute approximate surface area is 66.5 Å². The van der Waals surface area contributed by atoms with E-state index in [1.165, 1.54) is 19.3 Å². The molecule has 3 aliphatic rings. The molecule has 1 saturated heterocycles. The van der Waals surface area contributed by atoms with Gasteiger partial charge in [0, 0.05) is 5.92 Å². The van der Waals surface area contributed by atoms with E-state index in [-0.39, 0.29) is 0 Å². The maximum absolute atomic E-state index is 9.50. The summed E-state index contributed by atoms with van der Waals surface area (Å²) in [6.07, 6.45) is 3.68. The van der Waals surface area contributed by atoms with Crippen molar-refractivity contribution in [3.63, 3.8) is 0 Å². The molecule has 0 aromatic rings. The molecule has 0 spiro atoms. The molecule has 1 N–H and O–H groups in total. The van der Waals surface area contributed by atoms with Gasteiger partial charge in [0.15, 0.2) is 6.29 Å². The van der Waals surface area contributed by atoms with Gasteiger partial charge in [-0.3, -0.25) is 0 Å². The standard InChI is InChI=1S/C9H14O2/c10-9-8-6-2-1-5(3-6)7(8)4-11-9/h5-10H,1-4H2/t5?,6?,7?,8?,9-/m1/s1. The number of hydrogen-bond donors (Lipinski definition) is 1. The van der Waals surface area contributed by atoms with Gasteiger partial charge in [-0.1, -0.05) is 0 Å². The Balaban J connectivity index is 1.91. The molecule has 2 heteroatoms. The van der Waals surface area contributed by atoms with Crippen molar-refractivity contribution in [1.29, 1.82) is 0 Å². The molecule has 0 radical (unpaired) electrons. The van der Waals surface area contributed by atoms with Crippen LogP contribution in [0.3, 0.4) is 0 Å². The number of rotatable bonds is 0. The van der Waals surface area contributed by atoms with Crippen LogP contribution in [-0.4, -0.2) is 18.0 Å².